The van der Waals surface area contributed by atoms with Crippen molar-refractivity contribution in [1.29, 1.82) is 0 Å². The van der Waals surface area contributed by atoms with Gasteiger partial charge in [0, 0.05) is 17.7 Å². The number of nitro groups is 1. The van der Waals surface area contributed by atoms with Gasteiger partial charge in [-0.15, -0.1) is 16.4 Å². The minimum atomic E-state index is -0.573. The molecular formula is C13H7BrN4O4S. The summed E-state index contributed by atoms with van der Waals surface area (Å²) >= 11 is 4.74. The maximum Gasteiger partial charge on any atom is 0.322 e. The van der Waals surface area contributed by atoms with Crippen LogP contribution in [0.25, 0.3) is 10.8 Å². The molecule has 10 heteroatoms. The van der Waals surface area contributed by atoms with Gasteiger partial charge in [-0.05, 0) is 34.1 Å². The highest BCUT2D eigenvalue weighted by atomic mass is 79.9. The topological polar surface area (TPSA) is 111 Å². The molecular weight excluding hydrogens is 388 g/mol. The van der Waals surface area contributed by atoms with Gasteiger partial charge in [-0.3, -0.25) is 20.2 Å². The van der Waals surface area contributed by atoms with Crippen LogP contribution in [0.2, 0.25) is 0 Å². The molecule has 0 saturated heterocycles. The summed E-state index contributed by atoms with van der Waals surface area (Å²) in [5, 5.41) is 20.7. The van der Waals surface area contributed by atoms with Gasteiger partial charge in [0.2, 0.25) is 0 Å². The molecule has 0 aliphatic rings. The zero-order chi connectivity index (χ0) is 16.4. The van der Waals surface area contributed by atoms with Crippen LogP contribution in [0.1, 0.15) is 10.4 Å². The van der Waals surface area contributed by atoms with Gasteiger partial charge < -0.3 is 4.42 Å². The molecule has 0 unspecified atom stereocenters. The van der Waals surface area contributed by atoms with E-state index in [1.165, 1.54) is 35.6 Å². The molecule has 0 atom stereocenters. The van der Waals surface area contributed by atoms with Crippen molar-refractivity contribution in [2.24, 2.45) is 0 Å². The molecule has 1 aromatic carbocycles. The van der Waals surface area contributed by atoms with Crippen molar-refractivity contribution in [1.82, 2.24) is 10.2 Å². The lowest BCUT2D eigenvalue weighted by atomic mass is 10.2. The molecule has 116 valence electrons. The largest absolute Gasteiger partial charge is 0.402 e. The molecule has 0 aliphatic heterocycles. The summed E-state index contributed by atoms with van der Waals surface area (Å²) in [5.41, 5.74) is -0.0508. The van der Waals surface area contributed by atoms with Crippen LogP contribution in [-0.2, 0) is 0 Å². The fourth-order valence-corrected chi connectivity index (χ4v) is 3.04. The molecule has 3 aromatic rings. The SMILES string of the molecule is O=C(Nc1nnc(-c2ccc(Br)s2)o1)c1cccc([N+](=O)[O-])c1. The molecule has 0 bridgehead atoms. The van der Waals surface area contributed by atoms with Crippen LogP contribution < -0.4 is 5.32 Å². The Hall–Kier alpha value is -2.59. The van der Waals surface area contributed by atoms with E-state index < -0.39 is 10.8 Å². The minimum Gasteiger partial charge on any atom is -0.402 e. The van der Waals surface area contributed by atoms with Crippen molar-refractivity contribution < 1.29 is 14.1 Å². The van der Waals surface area contributed by atoms with E-state index in [0.29, 0.717) is 0 Å². The number of benzene rings is 1. The summed E-state index contributed by atoms with van der Waals surface area (Å²) in [6.45, 7) is 0. The summed E-state index contributed by atoms with van der Waals surface area (Å²) < 4.78 is 6.26. The highest BCUT2D eigenvalue weighted by molar-refractivity contribution is 9.11. The lowest BCUT2D eigenvalue weighted by molar-refractivity contribution is -0.384. The van der Waals surface area contributed by atoms with Crippen molar-refractivity contribution in [3.8, 4) is 10.8 Å². The average Bonchev–Trinajstić information content (AvgIpc) is 3.16. The summed E-state index contributed by atoms with van der Waals surface area (Å²) in [6, 6.07) is 8.91. The number of nitro benzene ring substituents is 1. The van der Waals surface area contributed by atoms with Gasteiger partial charge in [-0.1, -0.05) is 11.2 Å². The van der Waals surface area contributed by atoms with Crippen LogP contribution in [0.15, 0.2) is 44.6 Å². The fraction of sp³-hybridized carbons (Fsp3) is 0. The number of halogens is 1. The summed E-state index contributed by atoms with van der Waals surface area (Å²) in [6.07, 6.45) is 0. The monoisotopic (exact) mass is 394 g/mol. The first-order valence-corrected chi connectivity index (χ1v) is 7.79. The predicted octanol–water partition coefficient (Wildman–Crippen LogP) is 3.72. The maximum absolute atomic E-state index is 12.1. The number of amides is 1. The third-order valence-corrected chi connectivity index (χ3v) is 4.36. The average molecular weight is 395 g/mol. The van der Waals surface area contributed by atoms with Crippen molar-refractivity contribution in [2.45, 2.75) is 0 Å². The Balaban J connectivity index is 1.77. The van der Waals surface area contributed by atoms with E-state index in [1.807, 2.05) is 6.07 Å². The first-order chi connectivity index (χ1) is 11.0. The Bertz CT molecular complexity index is 891. The van der Waals surface area contributed by atoms with E-state index in [9.17, 15) is 14.9 Å². The standard InChI is InChI=1S/C13H7BrN4O4S/c14-10-5-4-9(23-10)12-16-17-13(22-12)15-11(19)7-2-1-3-8(6-7)18(20)21/h1-6H,(H,15,17,19). The number of carbonyl (C=O) groups is 1. The number of anilines is 1. The van der Waals surface area contributed by atoms with E-state index >= 15 is 0 Å². The number of thiophene rings is 1. The van der Waals surface area contributed by atoms with Crippen LogP contribution in [0.5, 0.6) is 0 Å². The number of nitrogens with zero attached hydrogens (tertiary/aromatic N) is 3. The smallest absolute Gasteiger partial charge is 0.322 e. The molecule has 8 nitrogen and oxygen atoms in total. The summed E-state index contributed by atoms with van der Waals surface area (Å²) in [7, 11) is 0. The lowest BCUT2D eigenvalue weighted by Crippen LogP contribution is -2.12. The van der Waals surface area contributed by atoms with Gasteiger partial charge in [0.25, 0.3) is 17.5 Å². The Morgan fingerprint density at radius 1 is 1.30 bits per heavy atom. The Kier molecular flexibility index (Phi) is 4.17. The summed E-state index contributed by atoms with van der Waals surface area (Å²) in [5.74, 6) is -0.300. The number of non-ortho nitro benzene ring substituents is 1. The molecule has 2 aromatic heterocycles. The van der Waals surface area contributed by atoms with Gasteiger partial charge in [0.1, 0.15) is 0 Å². The molecule has 2 heterocycles. The van der Waals surface area contributed by atoms with E-state index in [2.05, 4.69) is 31.4 Å². The van der Waals surface area contributed by atoms with Crippen LogP contribution in [-0.4, -0.2) is 21.0 Å². The first kappa shape index (κ1) is 15.3. The number of carbonyl (C=O) groups excluding carboxylic acids is 1. The van der Waals surface area contributed by atoms with E-state index in [-0.39, 0.29) is 23.2 Å². The van der Waals surface area contributed by atoms with Gasteiger partial charge in [0.05, 0.1) is 13.6 Å². The Morgan fingerprint density at radius 3 is 2.83 bits per heavy atom. The number of nitrogens with one attached hydrogen (secondary N) is 1. The maximum atomic E-state index is 12.1. The molecule has 0 radical (unpaired) electrons. The zero-order valence-corrected chi connectivity index (χ0v) is 13.6. The molecule has 23 heavy (non-hydrogen) atoms. The Labute approximate surface area is 141 Å². The van der Waals surface area contributed by atoms with Gasteiger partial charge in [-0.25, -0.2) is 0 Å². The van der Waals surface area contributed by atoms with Crippen LogP contribution in [0, 0.1) is 10.1 Å². The van der Waals surface area contributed by atoms with E-state index in [0.717, 1.165) is 8.66 Å². The predicted molar refractivity (Wildman–Crippen MR) is 86.4 cm³/mol. The van der Waals surface area contributed by atoms with Gasteiger partial charge in [0.15, 0.2) is 0 Å². The number of hydrogen-bond donors (Lipinski definition) is 1. The summed E-state index contributed by atoms with van der Waals surface area (Å²) in [4.78, 5) is 23.0. The molecule has 0 saturated carbocycles. The highest BCUT2D eigenvalue weighted by Gasteiger charge is 2.16. The highest BCUT2D eigenvalue weighted by Crippen LogP contribution is 2.31. The molecule has 1 N–H and O–H groups in total. The fourth-order valence-electron chi connectivity index (χ4n) is 1.73. The van der Waals surface area contributed by atoms with Crippen LogP contribution in [0.4, 0.5) is 11.7 Å². The van der Waals surface area contributed by atoms with Crippen molar-refractivity contribution >= 4 is 44.9 Å². The molecule has 0 aliphatic carbocycles. The third kappa shape index (κ3) is 3.43. The molecule has 3 rings (SSSR count). The van der Waals surface area contributed by atoms with Crippen LogP contribution in [0.3, 0.4) is 0 Å². The molecule has 0 spiro atoms. The molecule has 0 fully saturated rings. The van der Waals surface area contributed by atoms with Gasteiger partial charge in [-0.2, -0.15) is 0 Å². The second-order valence-corrected chi connectivity index (χ2v) is 6.74. The van der Waals surface area contributed by atoms with Gasteiger partial charge >= 0.3 is 6.01 Å². The van der Waals surface area contributed by atoms with Crippen molar-refractivity contribution in [3.63, 3.8) is 0 Å². The van der Waals surface area contributed by atoms with Crippen molar-refractivity contribution in [2.75, 3.05) is 5.32 Å². The second kappa shape index (κ2) is 6.26. The lowest BCUT2D eigenvalue weighted by Gasteiger charge is -2.00. The number of rotatable bonds is 4. The third-order valence-electron chi connectivity index (χ3n) is 2.75. The first-order valence-electron chi connectivity index (χ1n) is 6.18. The van der Waals surface area contributed by atoms with E-state index in [1.54, 1.807) is 6.07 Å². The van der Waals surface area contributed by atoms with Crippen LogP contribution >= 0.6 is 27.3 Å². The van der Waals surface area contributed by atoms with E-state index in [4.69, 9.17) is 4.42 Å². The Morgan fingerprint density at radius 2 is 2.13 bits per heavy atom. The normalized spacial score (nSPS) is 10.5. The quantitative estimate of drug-likeness (QED) is 0.532. The minimum absolute atomic E-state index is 0.0824. The second-order valence-electron chi connectivity index (χ2n) is 4.28. The number of hydrogen-bond acceptors (Lipinski definition) is 7. The molecule has 1 amide bonds. The number of aromatic nitrogens is 2. The van der Waals surface area contributed by atoms with Crippen molar-refractivity contribution in [3.05, 3.63) is 55.9 Å². The zero-order valence-electron chi connectivity index (χ0n) is 11.2.